The van der Waals surface area contributed by atoms with Crippen molar-refractivity contribution in [3.8, 4) is 0 Å². The molecular weight excluding hydrogens is 473 g/mol. The minimum Gasteiger partial charge on any atom is -0.449 e. The summed E-state index contributed by atoms with van der Waals surface area (Å²) in [6.45, 7) is 2.33. The van der Waals surface area contributed by atoms with E-state index in [1.807, 2.05) is 0 Å². The normalized spacial score (nSPS) is 15.2. The summed E-state index contributed by atoms with van der Waals surface area (Å²) < 4.78 is 45.2. The smallest absolute Gasteiger partial charge is 0.413 e. The van der Waals surface area contributed by atoms with Gasteiger partial charge in [0.05, 0.1) is 16.5 Å². The fourth-order valence-corrected chi connectivity index (χ4v) is 5.22. The molecule has 3 rings (SSSR count). The van der Waals surface area contributed by atoms with E-state index in [0.717, 1.165) is 12.1 Å². The lowest BCUT2D eigenvalue weighted by Gasteiger charge is -2.30. The largest absolute Gasteiger partial charge is 0.449 e. The second kappa shape index (κ2) is 10.5. The molecule has 0 bridgehead atoms. The van der Waals surface area contributed by atoms with Crippen LogP contribution in [0.1, 0.15) is 19.8 Å². The summed E-state index contributed by atoms with van der Waals surface area (Å²) in [5.41, 5.74) is 1.18. The van der Waals surface area contributed by atoms with Gasteiger partial charge in [-0.05, 0) is 62.2 Å². The second-order valence-corrected chi connectivity index (χ2v) is 9.89. The summed E-state index contributed by atoms with van der Waals surface area (Å²) >= 11 is 5.72. The molecule has 0 aliphatic carbocycles. The molecular formula is C22H25ClFN3O5S. The lowest BCUT2D eigenvalue weighted by Crippen LogP contribution is -2.41. The first-order valence-electron chi connectivity index (χ1n) is 10.4. The van der Waals surface area contributed by atoms with Crippen molar-refractivity contribution in [1.82, 2.24) is 4.31 Å². The Kier molecular flexibility index (Phi) is 7.93. The number of piperidine rings is 1. The quantitative estimate of drug-likeness (QED) is 0.648. The van der Waals surface area contributed by atoms with Crippen LogP contribution in [0.4, 0.5) is 20.6 Å². The van der Waals surface area contributed by atoms with E-state index in [-0.39, 0.29) is 41.4 Å². The number of carbonyl (C=O) groups excluding carboxylic acids is 2. The highest BCUT2D eigenvalue weighted by Gasteiger charge is 2.32. The molecule has 0 radical (unpaired) electrons. The van der Waals surface area contributed by atoms with Gasteiger partial charge >= 0.3 is 6.09 Å². The first kappa shape index (κ1) is 24.9. The van der Waals surface area contributed by atoms with Crippen LogP contribution in [0.5, 0.6) is 0 Å². The summed E-state index contributed by atoms with van der Waals surface area (Å²) in [4.78, 5) is 25.7. The summed E-state index contributed by atoms with van der Waals surface area (Å²) in [6.07, 6.45) is 0.228. The van der Waals surface area contributed by atoms with Crippen molar-refractivity contribution in [2.45, 2.75) is 24.7 Å². The maximum absolute atomic E-state index is 13.4. The monoisotopic (exact) mass is 497 g/mol. The molecule has 11 heteroatoms. The standard InChI is InChI=1S/C22H25ClFN3O5S/c1-3-32-22(29)26(2)17-6-4-16(5-7-17)25-21(28)15-10-12-27(13-11-15)33(30,31)18-8-9-20(24)19(23)14-18/h4-9,14-15H,3,10-13H2,1-2H3,(H,25,28). The number of nitrogens with one attached hydrogen (secondary N) is 1. The second-order valence-electron chi connectivity index (χ2n) is 7.55. The Morgan fingerprint density at radius 2 is 1.82 bits per heavy atom. The van der Waals surface area contributed by atoms with E-state index in [1.165, 1.54) is 15.3 Å². The molecule has 2 aromatic rings. The number of hydrogen-bond donors (Lipinski definition) is 1. The number of hydrogen-bond acceptors (Lipinski definition) is 5. The highest BCUT2D eigenvalue weighted by Crippen LogP contribution is 2.27. The zero-order valence-electron chi connectivity index (χ0n) is 18.3. The fourth-order valence-electron chi connectivity index (χ4n) is 3.48. The molecule has 0 unspecified atom stereocenters. The van der Waals surface area contributed by atoms with Crippen molar-refractivity contribution in [1.29, 1.82) is 0 Å². The van der Waals surface area contributed by atoms with Crippen molar-refractivity contribution in [2.75, 3.05) is 37.0 Å². The van der Waals surface area contributed by atoms with Crippen LogP contribution < -0.4 is 10.2 Å². The van der Waals surface area contributed by atoms with Crippen LogP contribution in [0.15, 0.2) is 47.4 Å². The van der Waals surface area contributed by atoms with Gasteiger partial charge in [-0.1, -0.05) is 11.6 Å². The van der Waals surface area contributed by atoms with Gasteiger partial charge in [-0.2, -0.15) is 4.31 Å². The molecule has 178 valence electrons. The third-order valence-corrected chi connectivity index (χ3v) is 7.60. The summed E-state index contributed by atoms with van der Waals surface area (Å²) in [5.74, 6) is -1.25. The van der Waals surface area contributed by atoms with E-state index in [2.05, 4.69) is 5.32 Å². The van der Waals surface area contributed by atoms with Crippen molar-refractivity contribution < 1.29 is 27.1 Å². The third-order valence-electron chi connectivity index (χ3n) is 5.42. The van der Waals surface area contributed by atoms with Gasteiger partial charge in [0.15, 0.2) is 0 Å². The van der Waals surface area contributed by atoms with Gasteiger partial charge in [-0.15, -0.1) is 0 Å². The molecule has 1 saturated heterocycles. The van der Waals surface area contributed by atoms with E-state index in [4.69, 9.17) is 16.3 Å². The molecule has 33 heavy (non-hydrogen) atoms. The van der Waals surface area contributed by atoms with E-state index in [0.29, 0.717) is 24.2 Å². The first-order valence-corrected chi connectivity index (χ1v) is 12.2. The average molecular weight is 498 g/mol. The zero-order chi connectivity index (χ0) is 24.2. The van der Waals surface area contributed by atoms with Gasteiger partial charge in [-0.25, -0.2) is 17.6 Å². The van der Waals surface area contributed by atoms with Crippen molar-refractivity contribution in [2.24, 2.45) is 5.92 Å². The molecule has 1 aliphatic rings. The van der Waals surface area contributed by atoms with E-state index >= 15 is 0 Å². The molecule has 2 aromatic carbocycles. The number of nitrogens with zero attached hydrogens (tertiary/aromatic N) is 2. The molecule has 1 fully saturated rings. The molecule has 2 amide bonds. The minimum absolute atomic E-state index is 0.0790. The Labute approximate surface area is 197 Å². The fraction of sp³-hybridized carbons (Fsp3) is 0.364. The maximum atomic E-state index is 13.4. The van der Waals surface area contributed by atoms with Crippen molar-refractivity contribution in [3.63, 3.8) is 0 Å². The van der Waals surface area contributed by atoms with Gasteiger partial charge in [-0.3, -0.25) is 9.69 Å². The van der Waals surface area contributed by atoms with Gasteiger partial charge in [0, 0.05) is 37.4 Å². The summed E-state index contributed by atoms with van der Waals surface area (Å²) in [5, 5.41) is 2.57. The van der Waals surface area contributed by atoms with Gasteiger partial charge in [0.2, 0.25) is 15.9 Å². The van der Waals surface area contributed by atoms with E-state index in [9.17, 15) is 22.4 Å². The Bertz CT molecular complexity index is 1120. The van der Waals surface area contributed by atoms with Crippen LogP contribution in [0, 0.1) is 11.7 Å². The van der Waals surface area contributed by atoms with Crippen LogP contribution in [-0.2, 0) is 19.6 Å². The number of anilines is 2. The van der Waals surface area contributed by atoms with E-state index < -0.39 is 21.9 Å². The van der Waals surface area contributed by atoms with Gasteiger partial charge in [0.25, 0.3) is 0 Å². The maximum Gasteiger partial charge on any atom is 0.413 e. The molecule has 1 aliphatic heterocycles. The number of halogens is 2. The molecule has 0 spiro atoms. The molecule has 0 saturated carbocycles. The third kappa shape index (κ3) is 5.82. The van der Waals surface area contributed by atoms with Crippen LogP contribution in [0.2, 0.25) is 5.02 Å². The SMILES string of the molecule is CCOC(=O)N(C)c1ccc(NC(=O)C2CCN(S(=O)(=O)c3ccc(F)c(Cl)c3)CC2)cc1. The average Bonchev–Trinajstić information content (AvgIpc) is 2.81. The highest BCUT2D eigenvalue weighted by atomic mass is 35.5. The Morgan fingerprint density at radius 1 is 1.18 bits per heavy atom. The van der Waals surface area contributed by atoms with Gasteiger partial charge < -0.3 is 10.1 Å². The van der Waals surface area contributed by atoms with Crippen LogP contribution in [0.3, 0.4) is 0 Å². The van der Waals surface area contributed by atoms with Crippen LogP contribution in [0.25, 0.3) is 0 Å². The van der Waals surface area contributed by atoms with Crippen molar-refractivity contribution in [3.05, 3.63) is 53.3 Å². The lowest BCUT2D eigenvalue weighted by atomic mass is 9.97. The molecule has 8 nitrogen and oxygen atoms in total. The molecule has 0 aromatic heterocycles. The van der Waals surface area contributed by atoms with Crippen LogP contribution >= 0.6 is 11.6 Å². The Balaban J connectivity index is 1.57. The topological polar surface area (TPSA) is 96.0 Å². The zero-order valence-corrected chi connectivity index (χ0v) is 19.8. The Hall–Kier alpha value is -2.69. The number of benzene rings is 2. The molecule has 0 atom stereocenters. The summed E-state index contributed by atoms with van der Waals surface area (Å²) in [7, 11) is -2.23. The summed E-state index contributed by atoms with van der Waals surface area (Å²) in [6, 6.07) is 10.0. The molecule has 1 N–H and O–H groups in total. The number of rotatable bonds is 6. The first-order chi connectivity index (χ1) is 15.6. The van der Waals surface area contributed by atoms with Crippen molar-refractivity contribution >= 4 is 45.0 Å². The van der Waals surface area contributed by atoms with E-state index in [1.54, 1.807) is 38.2 Å². The molecule has 1 heterocycles. The Morgan fingerprint density at radius 3 is 2.39 bits per heavy atom. The number of amides is 2. The number of ether oxygens (including phenoxy) is 1. The number of sulfonamides is 1. The number of carbonyl (C=O) groups is 2. The highest BCUT2D eigenvalue weighted by molar-refractivity contribution is 7.89. The minimum atomic E-state index is -3.83. The predicted octanol–water partition coefficient (Wildman–Crippen LogP) is 4.11. The van der Waals surface area contributed by atoms with Crippen LogP contribution in [-0.4, -0.2) is 51.5 Å². The lowest BCUT2D eigenvalue weighted by molar-refractivity contribution is -0.120. The predicted molar refractivity (Wildman–Crippen MR) is 123 cm³/mol. The van der Waals surface area contributed by atoms with Gasteiger partial charge in [0.1, 0.15) is 5.82 Å².